The Balaban J connectivity index is 2.86. The second-order valence-corrected chi connectivity index (χ2v) is 4.98. The van der Waals surface area contributed by atoms with Crippen LogP contribution in [0.4, 0.5) is 5.69 Å². The molecule has 20 heavy (non-hydrogen) atoms. The molecule has 0 aliphatic heterocycles. The van der Waals surface area contributed by atoms with Crippen molar-refractivity contribution in [2.45, 2.75) is 20.3 Å². The number of Topliss-reactive ketones (excluding diaryl/α,β-unsaturated/α-hetero) is 1. The van der Waals surface area contributed by atoms with Gasteiger partial charge in [0.15, 0.2) is 0 Å². The van der Waals surface area contributed by atoms with Crippen molar-refractivity contribution in [2.24, 2.45) is 5.92 Å². The number of hydrogen-bond acceptors (Lipinski definition) is 3. The van der Waals surface area contributed by atoms with Crippen LogP contribution in [0, 0.1) is 5.92 Å². The monoisotopic (exact) mass is 295 g/mol. The lowest BCUT2D eigenvalue weighted by atomic mass is 9.99. The molecule has 0 aliphatic carbocycles. The van der Waals surface area contributed by atoms with E-state index in [4.69, 9.17) is 16.3 Å². The van der Waals surface area contributed by atoms with Crippen molar-refractivity contribution in [1.29, 1.82) is 0 Å². The fourth-order valence-corrected chi connectivity index (χ4v) is 1.79. The summed E-state index contributed by atoms with van der Waals surface area (Å²) >= 11 is 5.74. The molecule has 0 fully saturated rings. The van der Waals surface area contributed by atoms with E-state index in [2.05, 4.69) is 5.32 Å². The summed E-state index contributed by atoms with van der Waals surface area (Å²) in [4.78, 5) is 23.8. The van der Waals surface area contributed by atoms with Gasteiger partial charge in [0, 0.05) is 5.03 Å². The van der Waals surface area contributed by atoms with E-state index in [0.29, 0.717) is 16.5 Å². The number of methoxy groups -OCH3 is 1. The van der Waals surface area contributed by atoms with Crippen LogP contribution in [0.15, 0.2) is 35.4 Å². The molecule has 0 saturated heterocycles. The number of rotatable bonds is 6. The van der Waals surface area contributed by atoms with Crippen molar-refractivity contribution in [2.75, 3.05) is 12.4 Å². The largest absolute Gasteiger partial charge is 0.495 e. The average Bonchev–Trinajstić information content (AvgIpc) is 2.38. The maximum absolute atomic E-state index is 12.2. The standard InChI is InChI=1S/C15H18ClNO3/c1-10(16)8-9-12(11(2)18)15(19)17-13-6-4-5-7-14(13)20-3/h4-8,12H,9H2,1-3H3,(H,17,19)/b10-8+/t12-/m0/s1. The van der Waals surface area contributed by atoms with Crippen LogP contribution in [0.5, 0.6) is 5.75 Å². The van der Waals surface area contributed by atoms with E-state index in [9.17, 15) is 9.59 Å². The molecule has 0 radical (unpaired) electrons. The third-order valence-electron chi connectivity index (χ3n) is 2.81. The summed E-state index contributed by atoms with van der Waals surface area (Å²) in [7, 11) is 1.52. The van der Waals surface area contributed by atoms with Gasteiger partial charge >= 0.3 is 0 Å². The van der Waals surface area contributed by atoms with Gasteiger partial charge in [-0.05, 0) is 32.4 Å². The molecule has 1 aromatic carbocycles. The van der Waals surface area contributed by atoms with E-state index >= 15 is 0 Å². The van der Waals surface area contributed by atoms with E-state index in [0.717, 1.165) is 0 Å². The minimum Gasteiger partial charge on any atom is -0.495 e. The van der Waals surface area contributed by atoms with Gasteiger partial charge in [-0.15, -0.1) is 0 Å². The van der Waals surface area contributed by atoms with Gasteiger partial charge in [0.2, 0.25) is 5.91 Å². The highest BCUT2D eigenvalue weighted by Crippen LogP contribution is 2.24. The first-order valence-electron chi connectivity index (χ1n) is 6.22. The predicted molar refractivity (Wildman–Crippen MR) is 80.0 cm³/mol. The van der Waals surface area contributed by atoms with Crippen molar-refractivity contribution in [3.05, 3.63) is 35.4 Å². The number of amides is 1. The Kier molecular flexibility index (Phi) is 6.25. The lowest BCUT2D eigenvalue weighted by Gasteiger charge is -2.14. The number of halogens is 1. The van der Waals surface area contributed by atoms with Crippen molar-refractivity contribution < 1.29 is 14.3 Å². The first-order chi connectivity index (χ1) is 9.45. The van der Waals surface area contributed by atoms with Crippen molar-refractivity contribution in [3.8, 4) is 5.75 Å². The average molecular weight is 296 g/mol. The Hall–Kier alpha value is -1.81. The van der Waals surface area contributed by atoms with Crippen LogP contribution in [0.1, 0.15) is 20.3 Å². The number of allylic oxidation sites excluding steroid dienone is 2. The molecular formula is C15H18ClNO3. The van der Waals surface area contributed by atoms with Crippen molar-refractivity contribution in [1.82, 2.24) is 0 Å². The highest BCUT2D eigenvalue weighted by Gasteiger charge is 2.23. The second kappa shape index (κ2) is 7.70. The highest BCUT2D eigenvalue weighted by molar-refractivity contribution is 6.29. The molecule has 1 amide bonds. The van der Waals surface area contributed by atoms with Gasteiger partial charge in [-0.25, -0.2) is 0 Å². The number of benzene rings is 1. The summed E-state index contributed by atoms with van der Waals surface area (Å²) in [5.41, 5.74) is 0.540. The van der Waals surface area contributed by atoms with Crippen LogP contribution in [0.25, 0.3) is 0 Å². The first-order valence-corrected chi connectivity index (χ1v) is 6.60. The van der Waals surface area contributed by atoms with Crippen LogP contribution in [0.2, 0.25) is 0 Å². The fourth-order valence-electron chi connectivity index (χ4n) is 1.71. The maximum atomic E-state index is 12.2. The zero-order valence-electron chi connectivity index (χ0n) is 11.8. The summed E-state index contributed by atoms with van der Waals surface area (Å²) in [6.07, 6.45) is 1.95. The van der Waals surface area contributed by atoms with E-state index in [1.807, 2.05) is 0 Å². The minimum atomic E-state index is -0.756. The fraction of sp³-hybridized carbons (Fsp3) is 0.333. The van der Waals surface area contributed by atoms with Gasteiger partial charge in [0.25, 0.3) is 0 Å². The van der Waals surface area contributed by atoms with Crippen LogP contribution < -0.4 is 10.1 Å². The third-order valence-corrected chi connectivity index (χ3v) is 2.96. The van der Waals surface area contributed by atoms with Crippen LogP contribution >= 0.6 is 11.6 Å². The Bertz CT molecular complexity index is 522. The minimum absolute atomic E-state index is 0.202. The zero-order valence-corrected chi connectivity index (χ0v) is 12.5. The molecule has 0 aliphatic rings. The van der Waals surface area contributed by atoms with Crippen molar-refractivity contribution >= 4 is 29.0 Å². The van der Waals surface area contributed by atoms with Gasteiger partial charge in [0.1, 0.15) is 11.5 Å². The van der Waals surface area contributed by atoms with Crippen molar-refractivity contribution in [3.63, 3.8) is 0 Å². The molecule has 1 rings (SSSR count). The molecule has 0 bridgehead atoms. The van der Waals surface area contributed by atoms with Crippen LogP contribution in [-0.4, -0.2) is 18.8 Å². The predicted octanol–water partition coefficient (Wildman–Crippen LogP) is 3.37. The number of anilines is 1. The Morgan fingerprint density at radius 2 is 2.00 bits per heavy atom. The quantitative estimate of drug-likeness (QED) is 0.819. The number of carbonyl (C=O) groups is 2. The molecular weight excluding hydrogens is 278 g/mol. The summed E-state index contributed by atoms with van der Waals surface area (Å²) in [6.45, 7) is 3.10. The van der Waals surface area contributed by atoms with E-state index < -0.39 is 5.92 Å². The number of hydrogen-bond donors (Lipinski definition) is 1. The molecule has 0 aromatic heterocycles. The smallest absolute Gasteiger partial charge is 0.235 e. The molecule has 0 spiro atoms. The highest BCUT2D eigenvalue weighted by atomic mass is 35.5. The summed E-state index contributed by atoms with van der Waals surface area (Å²) in [5.74, 6) is -0.774. The summed E-state index contributed by atoms with van der Waals surface area (Å²) in [6, 6.07) is 7.04. The Morgan fingerprint density at radius 1 is 1.35 bits per heavy atom. The lowest BCUT2D eigenvalue weighted by molar-refractivity contribution is -0.129. The number of carbonyl (C=O) groups excluding carboxylic acids is 2. The van der Waals surface area contributed by atoms with Gasteiger partial charge in [0.05, 0.1) is 18.7 Å². The van der Waals surface area contributed by atoms with Gasteiger partial charge in [-0.2, -0.15) is 0 Å². The maximum Gasteiger partial charge on any atom is 0.235 e. The normalized spacial score (nSPS) is 12.7. The number of ether oxygens (including phenoxy) is 1. The molecule has 1 aromatic rings. The molecule has 0 unspecified atom stereocenters. The summed E-state index contributed by atoms with van der Waals surface area (Å²) in [5, 5.41) is 3.27. The van der Waals surface area contributed by atoms with E-state index in [1.54, 1.807) is 37.3 Å². The third kappa shape index (κ3) is 4.70. The molecule has 1 N–H and O–H groups in total. The van der Waals surface area contributed by atoms with E-state index in [1.165, 1.54) is 14.0 Å². The first kappa shape index (κ1) is 16.2. The van der Waals surface area contributed by atoms with Crippen LogP contribution in [-0.2, 0) is 9.59 Å². The second-order valence-electron chi connectivity index (χ2n) is 4.38. The molecule has 5 heteroatoms. The Morgan fingerprint density at radius 3 is 2.55 bits per heavy atom. The molecule has 4 nitrogen and oxygen atoms in total. The molecule has 1 atom stereocenters. The van der Waals surface area contributed by atoms with Gasteiger partial charge < -0.3 is 10.1 Å². The van der Waals surface area contributed by atoms with Gasteiger partial charge in [-0.1, -0.05) is 29.8 Å². The molecule has 0 saturated carbocycles. The number of nitrogens with one attached hydrogen (secondary N) is 1. The molecule has 108 valence electrons. The van der Waals surface area contributed by atoms with Gasteiger partial charge in [-0.3, -0.25) is 9.59 Å². The van der Waals surface area contributed by atoms with E-state index in [-0.39, 0.29) is 18.1 Å². The Labute approximate surface area is 123 Å². The van der Waals surface area contributed by atoms with Crippen LogP contribution in [0.3, 0.4) is 0 Å². The lowest BCUT2D eigenvalue weighted by Crippen LogP contribution is -2.28. The zero-order chi connectivity index (χ0) is 15.1. The SMILES string of the molecule is COc1ccccc1NC(=O)[C@@H](C/C=C(\C)Cl)C(C)=O. The topological polar surface area (TPSA) is 55.4 Å². The number of ketones is 1. The number of para-hydroxylation sites is 2. The molecule has 0 heterocycles. The summed E-state index contributed by atoms with van der Waals surface area (Å²) < 4.78 is 5.15.